The number of methoxy groups -OCH3 is 2. The van der Waals surface area contributed by atoms with Gasteiger partial charge in [-0.3, -0.25) is 10.2 Å². The van der Waals surface area contributed by atoms with E-state index in [4.69, 9.17) is 23.7 Å². The van der Waals surface area contributed by atoms with Gasteiger partial charge in [0.2, 0.25) is 0 Å². The predicted molar refractivity (Wildman–Crippen MR) is 207 cm³/mol. The number of thiophene rings is 1. The monoisotopic (exact) mass is 825 g/mol. The van der Waals surface area contributed by atoms with Gasteiger partial charge in [-0.05, 0) is 78.1 Å². The standard InChI is InChI=1S/C37H42F5N5O7S.C2H6/c1-35(2,3)53-33(48)43-25-14-21-20(11-12-24(38)30(21)55-25)27-23(37(40,41)42)13-22-29(28(27)39)44-32(52-17-26(50-7)51-8)45-31(22)46-15-18-9-10-19(16-46)47(18)34(49)54-36(4,5)6;1-2/h11-14,18-19,26H,9-10,15-17H2,1-8H3,(H,43,48);1-2H3. The summed E-state index contributed by atoms with van der Waals surface area (Å²) in [6, 6.07) is 2.94. The number of nitrogens with zero attached hydrogens (tertiary/aromatic N) is 4. The van der Waals surface area contributed by atoms with Gasteiger partial charge in [-0.1, -0.05) is 19.9 Å². The topological polar surface area (TPSA) is 125 Å². The first-order chi connectivity index (χ1) is 26.7. The minimum absolute atomic E-state index is 0.0355. The molecular formula is C39H48F5N5O7S. The minimum Gasteiger partial charge on any atom is -0.458 e. The third-order valence-electron chi connectivity index (χ3n) is 8.99. The van der Waals surface area contributed by atoms with Gasteiger partial charge < -0.3 is 28.6 Å². The van der Waals surface area contributed by atoms with Crippen LogP contribution in [0.15, 0.2) is 24.3 Å². The van der Waals surface area contributed by atoms with Crippen LogP contribution in [0, 0.1) is 11.6 Å². The fraction of sp³-hybridized carbons (Fsp3) is 0.538. The number of piperazine rings is 1. The molecule has 18 heteroatoms. The zero-order valence-corrected chi connectivity index (χ0v) is 34.3. The molecule has 4 heterocycles. The van der Waals surface area contributed by atoms with Crippen molar-refractivity contribution in [3.8, 4) is 17.1 Å². The number of anilines is 2. The first-order valence-corrected chi connectivity index (χ1v) is 19.3. The summed E-state index contributed by atoms with van der Waals surface area (Å²) >= 11 is 0.755. The Labute approximate surface area is 331 Å². The van der Waals surface area contributed by atoms with Crippen molar-refractivity contribution < 1.29 is 55.2 Å². The number of halogens is 5. The van der Waals surface area contributed by atoms with E-state index in [-0.39, 0.29) is 69.6 Å². The summed E-state index contributed by atoms with van der Waals surface area (Å²) in [6.07, 6.45) is -6.14. The molecule has 2 aromatic heterocycles. The Morgan fingerprint density at radius 1 is 0.912 bits per heavy atom. The van der Waals surface area contributed by atoms with E-state index in [0.29, 0.717) is 12.8 Å². The minimum atomic E-state index is -5.11. The van der Waals surface area contributed by atoms with E-state index in [0.717, 1.165) is 29.5 Å². The van der Waals surface area contributed by atoms with E-state index >= 15 is 22.0 Å². The SMILES string of the molecule is CC.COC(COc1nc(N2CC3CCC(C2)N3C(=O)OC(C)(C)C)c2cc(C(F)(F)F)c(-c3ccc(F)c4sc(NC(=O)OC(C)(C)C)cc34)c(F)c2n1)OC. The van der Waals surface area contributed by atoms with Gasteiger partial charge in [0.15, 0.2) is 12.1 Å². The van der Waals surface area contributed by atoms with Gasteiger partial charge in [-0.15, -0.1) is 11.3 Å². The number of benzene rings is 2. The van der Waals surface area contributed by atoms with Gasteiger partial charge in [0, 0.05) is 43.6 Å². The molecule has 0 spiro atoms. The first-order valence-electron chi connectivity index (χ1n) is 18.5. The highest BCUT2D eigenvalue weighted by Gasteiger charge is 2.46. The fourth-order valence-corrected chi connectivity index (χ4v) is 7.80. The van der Waals surface area contributed by atoms with Gasteiger partial charge in [-0.25, -0.2) is 18.4 Å². The molecule has 0 saturated carbocycles. The van der Waals surface area contributed by atoms with Crippen LogP contribution in [-0.4, -0.2) is 90.5 Å². The number of nitrogens with one attached hydrogen (secondary N) is 1. The summed E-state index contributed by atoms with van der Waals surface area (Å²) in [6.45, 7) is 14.3. The van der Waals surface area contributed by atoms with E-state index in [9.17, 15) is 9.59 Å². The van der Waals surface area contributed by atoms with Crippen LogP contribution in [0.3, 0.4) is 0 Å². The molecular weight excluding hydrogens is 778 g/mol. The smallest absolute Gasteiger partial charge is 0.417 e. The van der Waals surface area contributed by atoms with Crippen molar-refractivity contribution in [3.05, 3.63) is 41.5 Å². The number of hydrogen-bond acceptors (Lipinski definition) is 11. The molecule has 2 saturated heterocycles. The highest BCUT2D eigenvalue weighted by Crippen LogP contribution is 2.47. The summed E-state index contributed by atoms with van der Waals surface area (Å²) in [5.41, 5.74) is -4.63. The van der Waals surface area contributed by atoms with Crippen LogP contribution >= 0.6 is 11.3 Å². The molecule has 2 aliphatic heterocycles. The van der Waals surface area contributed by atoms with Crippen molar-refractivity contribution in [3.63, 3.8) is 0 Å². The van der Waals surface area contributed by atoms with E-state index in [1.807, 2.05) is 13.8 Å². The molecule has 2 fully saturated rings. The maximum absolute atomic E-state index is 17.2. The third kappa shape index (κ3) is 9.60. The van der Waals surface area contributed by atoms with Crippen molar-refractivity contribution in [2.24, 2.45) is 0 Å². The van der Waals surface area contributed by atoms with Crippen LogP contribution in [0.25, 0.3) is 32.1 Å². The van der Waals surface area contributed by atoms with Gasteiger partial charge in [0.05, 0.1) is 27.3 Å². The summed E-state index contributed by atoms with van der Waals surface area (Å²) in [5.74, 6) is -2.18. The molecule has 2 amide bonds. The molecule has 2 aliphatic rings. The van der Waals surface area contributed by atoms with Crippen LogP contribution in [0.5, 0.6) is 6.01 Å². The largest absolute Gasteiger partial charge is 0.458 e. The van der Waals surface area contributed by atoms with Crippen molar-refractivity contribution >= 4 is 55.3 Å². The van der Waals surface area contributed by atoms with Crippen molar-refractivity contribution in [1.82, 2.24) is 14.9 Å². The molecule has 57 heavy (non-hydrogen) atoms. The second kappa shape index (κ2) is 16.7. The lowest BCUT2D eigenvalue weighted by Crippen LogP contribution is -2.57. The van der Waals surface area contributed by atoms with Crippen LogP contribution in [-0.2, 0) is 25.1 Å². The summed E-state index contributed by atoms with van der Waals surface area (Å²) in [4.78, 5) is 37.8. The maximum atomic E-state index is 17.2. The zero-order valence-electron chi connectivity index (χ0n) is 33.5. The van der Waals surface area contributed by atoms with Gasteiger partial charge in [-0.2, -0.15) is 23.1 Å². The van der Waals surface area contributed by atoms with Crippen LogP contribution in [0.2, 0.25) is 0 Å². The molecule has 2 bridgehead atoms. The molecule has 312 valence electrons. The second-order valence-electron chi connectivity index (χ2n) is 15.3. The highest BCUT2D eigenvalue weighted by atomic mass is 32.1. The fourth-order valence-electron chi connectivity index (χ4n) is 6.82. The Kier molecular flexibility index (Phi) is 12.8. The zero-order chi connectivity index (χ0) is 42.2. The lowest BCUT2D eigenvalue weighted by molar-refractivity contribution is -0.137. The van der Waals surface area contributed by atoms with Crippen LogP contribution in [0.1, 0.15) is 73.8 Å². The van der Waals surface area contributed by atoms with E-state index in [2.05, 4.69) is 15.3 Å². The van der Waals surface area contributed by atoms with Gasteiger partial charge >= 0.3 is 24.4 Å². The third-order valence-corrected chi connectivity index (χ3v) is 10.0. The number of fused-ring (bicyclic) bond motifs is 4. The average molecular weight is 826 g/mol. The molecule has 2 unspecified atom stereocenters. The predicted octanol–water partition coefficient (Wildman–Crippen LogP) is 9.77. The first kappa shape index (κ1) is 43.6. The summed E-state index contributed by atoms with van der Waals surface area (Å²) in [5, 5.41) is 2.21. The Morgan fingerprint density at radius 3 is 2.09 bits per heavy atom. The Bertz CT molecular complexity index is 2100. The Hall–Kier alpha value is -4.55. The number of ether oxygens (including phenoxy) is 5. The van der Waals surface area contributed by atoms with Crippen LogP contribution in [0.4, 0.5) is 42.4 Å². The summed E-state index contributed by atoms with van der Waals surface area (Å²) in [7, 11) is 2.74. The molecule has 2 atom stereocenters. The molecule has 1 N–H and O–H groups in total. The second-order valence-corrected chi connectivity index (χ2v) is 16.4. The van der Waals surface area contributed by atoms with Crippen molar-refractivity contribution in [2.75, 3.05) is 44.1 Å². The molecule has 0 radical (unpaired) electrons. The van der Waals surface area contributed by atoms with E-state index in [1.54, 1.807) is 51.3 Å². The normalized spacial score (nSPS) is 17.2. The van der Waals surface area contributed by atoms with E-state index < -0.39 is 64.1 Å². The van der Waals surface area contributed by atoms with Crippen molar-refractivity contribution in [2.45, 2.75) is 104 Å². The molecule has 4 aromatic rings. The number of aromatic nitrogens is 2. The number of carbonyl (C=O) groups is 2. The van der Waals surface area contributed by atoms with Crippen LogP contribution < -0.4 is 15.0 Å². The summed E-state index contributed by atoms with van der Waals surface area (Å²) < 4.78 is 105. The van der Waals surface area contributed by atoms with Crippen molar-refractivity contribution in [1.29, 1.82) is 0 Å². The highest BCUT2D eigenvalue weighted by molar-refractivity contribution is 7.23. The maximum Gasteiger partial charge on any atom is 0.417 e. The molecule has 2 aromatic carbocycles. The Balaban J connectivity index is 0.00000305. The molecule has 6 rings (SSSR count). The average Bonchev–Trinajstić information content (AvgIpc) is 3.65. The number of alkyl halides is 3. The van der Waals surface area contributed by atoms with Gasteiger partial charge in [0.1, 0.15) is 35.0 Å². The van der Waals surface area contributed by atoms with E-state index in [1.165, 1.54) is 20.3 Å². The number of rotatable bonds is 8. The molecule has 12 nitrogen and oxygen atoms in total. The lowest BCUT2D eigenvalue weighted by atomic mass is 9.93. The number of amides is 2. The van der Waals surface area contributed by atoms with Gasteiger partial charge in [0.25, 0.3) is 0 Å². The Morgan fingerprint density at radius 2 is 1.53 bits per heavy atom. The quantitative estimate of drug-likeness (QED) is 0.136. The molecule has 0 aliphatic carbocycles. The number of carbonyl (C=O) groups excluding carboxylic acids is 2. The lowest BCUT2D eigenvalue weighted by Gasteiger charge is -2.42. The number of hydrogen-bond donors (Lipinski definition) is 1.